The molecule has 1 aliphatic rings. The second-order valence-corrected chi connectivity index (χ2v) is 8.55. The first kappa shape index (κ1) is 21.2. The molecule has 0 bridgehead atoms. The van der Waals surface area contributed by atoms with Crippen molar-refractivity contribution < 1.29 is 14.1 Å². The second-order valence-electron chi connectivity index (χ2n) is 8.55. The monoisotopic (exact) mass is 445 g/mol. The van der Waals surface area contributed by atoms with Gasteiger partial charge in [0, 0.05) is 30.5 Å². The fraction of sp³-hybridized carbons (Fsp3) is 0.320. The maximum atomic E-state index is 12.4. The number of rotatable bonds is 6. The molecule has 8 nitrogen and oxygen atoms in total. The summed E-state index contributed by atoms with van der Waals surface area (Å²) in [5.74, 6) is 0.483. The molecule has 2 aromatic heterocycles. The Kier molecular flexibility index (Phi) is 5.83. The number of anilines is 2. The Labute approximate surface area is 192 Å². The molecule has 1 aliphatic heterocycles. The van der Waals surface area contributed by atoms with Crippen LogP contribution in [0.4, 0.5) is 11.6 Å². The van der Waals surface area contributed by atoms with Gasteiger partial charge in [0.05, 0.1) is 36.4 Å². The summed E-state index contributed by atoms with van der Waals surface area (Å²) in [7, 11) is 0. The number of imidazole rings is 1. The van der Waals surface area contributed by atoms with E-state index in [0.717, 1.165) is 54.3 Å². The Morgan fingerprint density at radius 3 is 2.55 bits per heavy atom. The lowest BCUT2D eigenvalue weighted by atomic mass is 10.1. The highest BCUT2D eigenvalue weighted by Gasteiger charge is 2.14. The lowest BCUT2D eigenvalue weighted by molar-refractivity contribution is -0.115. The van der Waals surface area contributed by atoms with Gasteiger partial charge in [-0.25, -0.2) is 4.98 Å². The highest BCUT2D eigenvalue weighted by atomic mass is 16.5. The van der Waals surface area contributed by atoms with E-state index in [-0.39, 0.29) is 18.2 Å². The normalized spacial score (nSPS) is 14.2. The molecule has 170 valence electrons. The molecule has 8 heteroatoms. The minimum absolute atomic E-state index is 0.141. The van der Waals surface area contributed by atoms with Crippen molar-refractivity contribution in [2.24, 2.45) is 0 Å². The smallest absolute Gasteiger partial charge is 0.231 e. The summed E-state index contributed by atoms with van der Waals surface area (Å²) in [5.41, 5.74) is 5.90. The molecule has 0 aliphatic carbocycles. The topological polar surface area (TPSA) is 85.4 Å². The van der Waals surface area contributed by atoms with Crippen molar-refractivity contribution in [1.82, 2.24) is 14.7 Å². The van der Waals surface area contributed by atoms with Crippen LogP contribution >= 0.6 is 0 Å². The van der Waals surface area contributed by atoms with E-state index < -0.39 is 0 Å². The number of nitrogens with zero attached hydrogens (tertiary/aromatic N) is 4. The molecule has 0 saturated carbocycles. The van der Waals surface area contributed by atoms with E-state index in [2.05, 4.69) is 43.1 Å². The summed E-state index contributed by atoms with van der Waals surface area (Å²) in [4.78, 5) is 19.3. The standard InChI is InChI=1S/C25H27N5O3/c1-17(2)21-15-25(33-28-21)27-24(31)13-18-3-5-19(6-4-18)30-16-26-22-14-20(7-8-23(22)30)29-9-11-32-12-10-29/h3-8,14-17H,9-13H2,1-2H3,(H,27,31). The lowest BCUT2D eigenvalue weighted by Crippen LogP contribution is -2.36. The summed E-state index contributed by atoms with van der Waals surface area (Å²) in [6, 6.07) is 16.1. The van der Waals surface area contributed by atoms with Gasteiger partial charge in [0.25, 0.3) is 0 Å². The molecule has 0 unspecified atom stereocenters. The van der Waals surface area contributed by atoms with Crippen LogP contribution in [0.25, 0.3) is 16.7 Å². The number of ether oxygens (including phenoxy) is 1. The molecule has 5 rings (SSSR count). The van der Waals surface area contributed by atoms with Gasteiger partial charge in [-0.3, -0.25) is 14.7 Å². The molecule has 1 saturated heterocycles. The van der Waals surface area contributed by atoms with Crippen molar-refractivity contribution in [3.05, 3.63) is 66.1 Å². The number of fused-ring (bicyclic) bond motifs is 1. The zero-order chi connectivity index (χ0) is 22.8. The summed E-state index contributed by atoms with van der Waals surface area (Å²) in [6.45, 7) is 7.37. The number of hydrogen-bond acceptors (Lipinski definition) is 6. The van der Waals surface area contributed by atoms with E-state index in [0.29, 0.717) is 5.88 Å². The average molecular weight is 446 g/mol. The van der Waals surface area contributed by atoms with Crippen LogP contribution in [0.15, 0.2) is 59.4 Å². The maximum Gasteiger partial charge on any atom is 0.231 e. The molecular weight excluding hydrogens is 418 g/mol. The van der Waals surface area contributed by atoms with Gasteiger partial charge in [-0.1, -0.05) is 31.1 Å². The van der Waals surface area contributed by atoms with Gasteiger partial charge in [-0.15, -0.1) is 0 Å². The summed E-state index contributed by atoms with van der Waals surface area (Å²) in [5, 5.41) is 6.74. The highest BCUT2D eigenvalue weighted by molar-refractivity contribution is 5.91. The molecule has 1 N–H and O–H groups in total. The van der Waals surface area contributed by atoms with E-state index in [4.69, 9.17) is 9.26 Å². The lowest BCUT2D eigenvalue weighted by Gasteiger charge is -2.28. The number of morpholine rings is 1. The third-order valence-corrected chi connectivity index (χ3v) is 5.87. The quantitative estimate of drug-likeness (QED) is 0.480. The van der Waals surface area contributed by atoms with Crippen LogP contribution in [-0.4, -0.2) is 46.9 Å². The van der Waals surface area contributed by atoms with E-state index in [1.165, 1.54) is 5.69 Å². The van der Waals surface area contributed by atoms with Crippen molar-refractivity contribution in [2.75, 3.05) is 36.5 Å². The third kappa shape index (κ3) is 4.61. The first-order valence-electron chi connectivity index (χ1n) is 11.2. The Balaban J connectivity index is 1.27. The molecular formula is C25H27N5O3. The van der Waals surface area contributed by atoms with Gasteiger partial charge >= 0.3 is 0 Å². The van der Waals surface area contributed by atoms with E-state index in [1.54, 1.807) is 6.07 Å². The van der Waals surface area contributed by atoms with Crippen LogP contribution in [0.5, 0.6) is 0 Å². The Morgan fingerprint density at radius 1 is 1.06 bits per heavy atom. The van der Waals surface area contributed by atoms with Crippen molar-refractivity contribution >= 4 is 28.5 Å². The summed E-state index contributed by atoms with van der Waals surface area (Å²) >= 11 is 0. The molecule has 33 heavy (non-hydrogen) atoms. The molecule has 4 aromatic rings. The zero-order valence-electron chi connectivity index (χ0n) is 18.8. The molecule has 0 radical (unpaired) electrons. The van der Waals surface area contributed by atoms with Crippen LogP contribution in [0.1, 0.15) is 31.0 Å². The van der Waals surface area contributed by atoms with E-state index >= 15 is 0 Å². The van der Waals surface area contributed by atoms with Crippen LogP contribution in [0, 0.1) is 0 Å². The van der Waals surface area contributed by atoms with Crippen molar-refractivity contribution in [3.63, 3.8) is 0 Å². The minimum Gasteiger partial charge on any atom is -0.378 e. The van der Waals surface area contributed by atoms with Crippen LogP contribution < -0.4 is 10.2 Å². The van der Waals surface area contributed by atoms with Crippen molar-refractivity contribution in [2.45, 2.75) is 26.2 Å². The van der Waals surface area contributed by atoms with E-state index in [1.807, 2.05) is 44.4 Å². The molecule has 1 amide bonds. The second kappa shape index (κ2) is 9.07. The van der Waals surface area contributed by atoms with Gasteiger partial charge in [0.1, 0.15) is 6.33 Å². The van der Waals surface area contributed by atoms with Gasteiger partial charge in [0.15, 0.2) is 0 Å². The molecule has 1 fully saturated rings. The predicted octanol–water partition coefficient (Wildman–Crippen LogP) is 4.15. The summed E-state index contributed by atoms with van der Waals surface area (Å²) in [6.07, 6.45) is 2.09. The number of benzene rings is 2. The molecule has 0 atom stereocenters. The Hall–Kier alpha value is -3.65. The number of nitrogens with one attached hydrogen (secondary N) is 1. The summed E-state index contributed by atoms with van der Waals surface area (Å²) < 4.78 is 12.7. The third-order valence-electron chi connectivity index (χ3n) is 5.87. The zero-order valence-corrected chi connectivity index (χ0v) is 18.8. The van der Waals surface area contributed by atoms with E-state index in [9.17, 15) is 4.79 Å². The number of carbonyl (C=O) groups excluding carboxylic acids is 1. The van der Waals surface area contributed by atoms with Gasteiger partial charge < -0.3 is 14.2 Å². The number of hydrogen-bond donors (Lipinski definition) is 1. The highest BCUT2D eigenvalue weighted by Crippen LogP contribution is 2.25. The fourth-order valence-corrected chi connectivity index (χ4v) is 3.99. The van der Waals surface area contributed by atoms with Crippen molar-refractivity contribution in [3.8, 4) is 5.69 Å². The minimum atomic E-state index is -0.141. The van der Waals surface area contributed by atoms with Crippen LogP contribution in [0.3, 0.4) is 0 Å². The Bertz CT molecular complexity index is 1250. The molecule has 2 aromatic carbocycles. The maximum absolute atomic E-state index is 12.4. The van der Waals surface area contributed by atoms with Gasteiger partial charge in [-0.2, -0.15) is 0 Å². The van der Waals surface area contributed by atoms with Crippen LogP contribution in [0.2, 0.25) is 0 Å². The first-order chi connectivity index (χ1) is 16.1. The predicted molar refractivity (Wildman–Crippen MR) is 127 cm³/mol. The molecule has 3 heterocycles. The number of carbonyl (C=O) groups is 1. The fourth-order valence-electron chi connectivity index (χ4n) is 3.99. The molecule has 0 spiro atoms. The number of aromatic nitrogens is 3. The van der Waals surface area contributed by atoms with Crippen molar-refractivity contribution in [1.29, 1.82) is 0 Å². The van der Waals surface area contributed by atoms with Gasteiger partial charge in [-0.05, 0) is 41.8 Å². The first-order valence-corrected chi connectivity index (χ1v) is 11.2. The largest absolute Gasteiger partial charge is 0.378 e. The SMILES string of the molecule is CC(C)c1cc(NC(=O)Cc2ccc(-n3cnc4cc(N5CCOCC5)ccc43)cc2)on1. The Morgan fingerprint density at radius 2 is 1.82 bits per heavy atom. The van der Waals surface area contributed by atoms with Crippen LogP contribution in [-0.2, 0) is 16.0 Å². The average Bonchev–Trinajstić information content (AvgIpc) is 3.47. The van der Waals surface area contributed by atoms with Gasteiger partial charge in [0.2, 0.25) is 11.8 Å². The number of amides is 1.